The summed E-state index contributed by atoms with van der Waals surface area (Å²) in [5.74, 6) is 0. The minimum absolute atomic E-state index is 0.211. The van der Waals surface area contributed by atoms with Gasteiger partial charge < -0.3 is 5.73 Å². The molecule has 0 aromatic carbocycles. The Balaban J connectivity index is 2.63. The lowest BCUT2D eigenvalue weighted by Gasteiger charge is -1.94. The Morgan fingerprint density at radius 2 is 2.33 bits per heavy atom. The highest BCUT2D eigenvalue weighted by molar-refractivity contribution is 9.09. The van der Waals surface area contributed by atoms with Gasteiger partial charge in [-0.2, -0.15) is 0 Å². The summed E-state index contributed by atoms with van der Waals surface area (Å²) in [7, 11) is 0. The number of nitrogens with two attached hydrogens (primary N) is 1. The molecule has 2 N–H and O–H groups in total. The largest absolute Gasteiger partial charge is 0.319 e. The van der Waals surface area contributed by atoms with Gasteiger partial charge in [0.05, 0.1) is 4.95 Å². The number of hydrogen-bond donors (Lipinski definition) is 1. The molecule has 1 nitrogen and oxygen atoms in total. The minimum Gasteiger partial charge on any atom is -0.319 e. The quantitative estimate of drug-likeness (QED) is 0.470. The van der Waals surface area contributed by atoms with E-state index in [1.165, 1.54) is 0 Å². The molecule has 1 atom stereocenters. The van der Waals surface area contributed by atoms with E-state index in [1.54, 1.807) is 0 Å². The third-order valence-electron chi connectivity index (χ3n) is 0.564. The van der Waals surface area contributed by atoms with Crippen LogP contribution in [0.15, 0.2) is 0 Å². The summed E-state index contributed by atoms with van der Waals surface area (Å²) in [6, 6.07) is 0. The fourth-order valence-corrected chi connectivity index (χ4v) is 0.734. The van der Waals surface area contributed by atoms with Crippen LogP contribution < -0.4 is 5.73 Å². The van der Waals surface area contributed by atoms with Crippen molar-refractivity contribution in [1.29, 1.82) is 0 Å². The Morgan fingerprint density at radius 3 is 2.33 bits per heavy atom. The highest BCUT2D eigenvalue weighted by Gasteiger charge is 1.87. The molecule has 0 saturated heterocycles. The van der Waals surface area contributed by atoms with Gasteiger partial charge in [0.2, 0.25) is 0 Å². The first-order chi connectivity index (χ1) is 2.77. The summed E-state index contributed by atoms with van der Waals surface area (Å²) >= 11 is 3.21. The maximum Gasteiger partial charge on any atom is 0.0605 e. The molecule has 0 saturated carbocycles. The lowest BCUT2D eigenvalue weighted by Crippen LogP contribution is -2.08. The molecule has 0 bridgehead atoms. The first-order valence-electron chi connectivity index (χ1n) is 2.17. The van der Waals surface area contributed by atoms with Crippen LogP contribution in [0.5, 0.6) is 0 Å². The second-order valence-electron chi connectivity index (χ2n) is 1.30. The first kappa shape index (κ1) is 6.44. The third kappa shape index (κ3) is 4.44. The molecule has 0 aliphatic heterocycles. The summed E-state index contributed by atoms with van der Waals surface area (Å²) < 4.78 is 0. The van der Waals surface area contributed by atoms with Crippen molar-refractivity contribution in [2.24, 2.45) is 5.73 Å². The zero-order chi connectivity index (χ0) is 4.99. The lowest BCUT2D eigenvalue weighted by atomic mass is 10.3. The van der Waals surface area contributed by atoms with Crippen LogP contribution >= 0.6 is 15.9 Å². The van der Waals surface area contributed by atoms with Crippen molar-refractivity contribution in [1.82, 2.24) is 0 Å². The van der Waals surface area contributed by atoms with Crippen LogP contribution in [-0.4, -0.2) is 4.95 Å². The monoisotopic (exact) mass is 151 g/mol. The van der Waals surface area contributed by atoms with Gasteiger partial charge in [0, 0.05) is 0 Å². The Morgan fingerprint density at radius 1 is 1.83 bits per heavy atom. The maximum atomic E-state index is 5.32. The summed E-state index contributed by atoms with van der Waals surface area (Å²) in [6.07, 6.45) is 2.23. The van der Waals surface area contributed by atoms with Crippen molar-refractivity contribution in [2.45, 2.75) is 24.7 Å². The Labute approximate surface area is 47.0 Å². The topological polar surface area (TPSA) is 26.0 Å². The standard InChI is InChI=1S/C4H10BrN/c1-2-3-4(5)6/h4H,2-3,6H2,1H3. The predicted molar refractivity (Wildman–Crippen MR) is 31.8 cm³/mol. The predicted octanol–water partition coefficient (Wildman–Crippen LogP) is 1.47. The summed E-state index contributed by atoms with van der Waals surface area (Å²) in [6.45, 7) is 2.11. The van der Waals surface area contributed by atoms with Crippen molar-refractivity contribution in [3.8, 4) is 0 Å². The van der Waals surface area contributed by atoms with E-state index in [0.717, 1.165) is 12.8 Å². The van der Waals surface area contributed by atoms with Gasteiger partial charge in [-0.15, -0.1) is 0 Å². The minimum atomic E-state index is 0.211. The van der Waals surface area contributed by atoms with Crippen molar-refractivity contribution >= 4 is 15.9 Å². The van der Waals surface area contributed by atoms with Crippen LogP contribution in [0.4, 0.5) is 0 Å². The van der Waals surface area contributed by atoms with Gasteiger partial charge in [-0.3, -0.25) is 0 Å². The molecule has 38 valence electrons. The maximum absolute atomic E-state index is 5.32. The Kier molecular flexibility index (Phi) is 3.89. The fourth-order valence-electron chi connectivity index (χ4n) is 0.276. The molecule has 0 rings (SSSR count). The molecule has 0 heterocycles. The average molecular weight is 152 g/mol. The summed E-state index contributed by atoms with van der Waals surface area (Å²) in [5, 5.41) is 0. The fraction of sp³-hybridized carbons (Fsp3) is 1.00. The zero-order valence-corrected chi connectivity index (χ0v) is 5.53. The zero-order valence-electron chi connectivity index (χ0n) is 3.95. The van der Waals surface area contributed by atoms with Gasteiger partial charge in [0.25, 0.3) is 0 Å². The smallest absolute Gasteiger partial charge is 0.0605 e. The first-order valence-corrected chi connectivity index (χ1v) is 3.08. The molecule has 0 aromatic heterocycles. The van der Waals surface area contributed by atoms with Crippen LogP contribution in [0.2, 0.25) is 0 Å². The van der Waals surface area contributed by atoms with Crippen LogP contribution in [0, 0.1) is 0 Å². The van der Waals surface area contributed by atoms with Gasteiger partial charge in [-0.1, -0.05) is 29.3 Å². The van der Waals surface area contributed by atoms with E-state index in [1.807, 2.05) is 0 Å². The van der Waals surface area contributed by atoms with Gasteiger partial charge in [-0.25, -0.2) is 0 Å². The summed E-state index contributed by atoms with van der Waals surface area (Å²) in [4.78, 5) is 0.211. The van der Waals surface area contributed by atoms with Crippen LogP contribution in [0.3, 0.4) is 0 Å². The lowest BCUT2D eigenvalue weighted by molar-refractivity contribution is 0.775. The molecule has 0 amide bonds. The Hall–Kier alpha value is 0.440. The SMILES string of the molecule is CCCC(N)Br. The second kappa shape index (κ2) is 3.62. The number of alkyl halides is 1. The number of hydrogen-bond acceptors (Lipinski definition) is 1. The molecule has 0 aliphatic carbocycles. The highest BCUT2D eigenvalue weighted by Crippen LogP contribution is 1.97. The Bertz CT molecular complexity index is 28.7. The molecule has 0 aromatic rings. The third-order valence-corrected chi connectivity index (χ3v) is 1.02. The molecule has 2 heteroatoms. The van der Waals surface area contributed by atoms with E-state index in [-0.39, 0.29) is 4.95 Å². The normalized spacial score (nSPS) is 14.5. The van der Waals surface area contributed by atoms with Gasteiger partial charge in [0.1, 0.15) is 0 Å². The number of halogens is 1. The molecule has 0 radical (unpaired) electrons. The molecule has 0 spiro atoms. The molecule has 6 heavy (non-hydrogen) atoms. The van der Waals surface area contributed by atoms with Crippen molar-refractivity contribution in [2.75, 3.05) is 0 Å². The van der Waals surface area contributed by atoms with E-state index in [2.05, 4.69) is 22.9 Å². The highest BCUT2D eigenvalue weighted by atomic mass is 79.9. The van der Waals surface area contributed by atoms with Gasteiger partial charge in [0.15, 0.2) is 0 Å². The molecule has 0 aliphatic rings. The van der Waals surface area contributed by atoms with Crippen molar-refractivity contribution in [3.63, 3.8) is 0 Å². The van der Waals surface area contributed by atoms with Gasteiger partial charge >= 0.3 is 0 Å². The molecule has 1 unspecified atom stereocenters. The number of rotatable bonds is 2. The second-order valence-corrected chi connectivity index (χ2v) is 2.48. The van der Waals surface area contributed by atoms with E-state index in [9.17, 15) is 0 Å². The van der Waals surface area contributed by atoms with Crippen LogP contribution in [-0.2, 0) is 0 Å². The average Bonchev–Trinajstić information content (AvgIpc) is 1.35. The molecular formula is C4H10BrN. The van der Waals surface area contributed by atoms with Crippen molar-refractivity contribution in [3.05, 3.63) is 0 Å². The van der Waals surface area contributed by atoms with Crippen LogP contribution in [0.25, 0.3) is 0 Å². The van der Waals surface area contributed by atoms with E-state index >= 15 is 0 Å². The van der Waals surface area contributed by atoms with Gasteiger partial charge in [-0.05, 0) is 6.42 Å². The van der Waals surface area contributed by atoms with E-state index < -0.39 is 0 Å². The summed E-state index contributed by atoms with van der Waals surface area (Å²) in [5.41, 5.74) is 5.32. The van der Waals surface area contributed by atoms with Crippen molar-refractivity contribution < 1.29 is 0 Å². The van der Waals surface area contributed by atoms with E-state index in [0.29, 0.717) is 0 Å². The van der Waals surface area contributed by atoms with E-state index in [4.69, 9.17) is 5.73 Å². The molecular weight excluding hydrogens is 142 g/mol. The van der Waals surface area contributed by atoms with Crippen LogP contribution in [0.1, 0.15) is 19.8 Å². The molecule has 0 fully saturated rings.